The van der Waals surface area contributed by atoms with Crippen molar-refractivity contribution in [2.45, 2.75) is 51.6 Å². The summed E-state index contributed by atoms with van der Waals surface area (Å²) in [4.78, 5) is 4.77. The summed E-state index contributed by atoms with van der Waals surface area (Å²) in [5.74, 6) is 4.08. The zero-order valence-electron chi connectivity index (χ0n) is 18.5. The standard InChI is InChI=1S/C21H32N6O3/c1-14-25-26-19(27(14)2)13-22-21(23-15-9-7-6-8-10-15)24-16-11-17(28-3)20(30-5)18(12-16)29-4/h11-12,15H,6-10,13H2,1-5H3,(H2,22,23,24). The molecule has 164 valence electrons. The molecule has 0 saturated heterocycles. The van der Waals surface area contributed by atoms with Crippen molar-refractivity contribution in [2.24, 2.45) is 12.0 Å². The highest BCUT2D eigenvalue weighted by molar-refractivity contribution is 5.94. The third kappa shape index (κ3) is 5.14. The largest absolute Gasteiger partial charge is 0.493 e. The minimum atomic E-state index is 0.397. The second-order valence-electron chi connectivity index (χ2n) is 7.41. The van der Waals surface area contributed by atoms with Crippen LogP contribution in [0.15, 0.2) is 17.1 Å². The maximum atomic E-state index is 5.47. The van der Waals surface area contributed by atoms with Gasteiger partial charge in [0.2, 0.25) is 5.75 Å². The number of nitrogens with zero attached hydrogens (tertiary/aromatic N) is 4. The van der Waals surface area contributed by atoms with E-state index in [1.807, 2.05) is 30.7 Å². The van der Waals surface area contributed by atoms with Crippen molar-refractivity contribution < 1.29 is 14.2 Å². The van der Waals surface area contributed by atoms with Gasteiger partial charge in [0.05, 0.1) is 21.3 Å². The van der Waals surface area contributed by atoms with Crippen molar-refractivity contribution in [2.75, 3.05) is 26.6 Å². The van der Waals surface area contributed by atoms with Crippen molar-refractivity contribution in [1.29, 1.82) is 0 Å². The second-order valence-corrected chi connectivity index (χ2v) is 7.41. The van der Waals surface area contributed by atoms with Crippen LogP contribution in [-0.2, 0) is 13.6 Å². The number of aliphatic imine (C=N–C) groups is 1. The van der Waals surface area contributed by atoms with Crippen LogP contribution in [0.4, 0.5) is 5.69 Å². The minimum absolute atomic E-state index is 0.397. The Kier molecular flexibility index (Phi) is 7.37. The molecule has 0 amide bonds. The number of ether oxygens (including phenoxy) is 3. The lowest BCUT2D eigenvalue weighted by molar-refractivity contribution is 0.324. The molecule has 30 heavy (non-hydrogen) atoms. The smallest absolute Gasteiger partial charge is 0.203 e. The molecule has 2 aromatic rings. The molecule has 1 fully saturated rings. The van der Waals surface area contributed by atoms with E-state index in [9.17, 15) is 0 Å². The monoisotopic (exact) mass is 416 g/mol. The average molecular weight is 417 g/mol. The van der Waals surface area contributed by atoms with Crippen molar-refractivity contribution >= 4 is 11.6 Å². The van der Waals surface area contributed by atoms with Crippen LogP contribution in [0.1, 0.15) is 43.8 Å². The van der Waals surface area contributed by atoms with E-state index in [1.165, 1.54) is 19.3 Å². The third-order valence-electron chi connectivity index (χ3n) is 5.43. The SMILES string of the molecule is COc1cc(NC(=NCc2nnc(C)n2C)NC2CCCCC2)cc(OC)c1OC. The Morgan fingerprint density at radius 1 is 1.07 bits per heavy atom. The van der Waals surface area contributed by atoms with E-state index in [0.717, 1.165) is 30.2 Å². The normalized spacial score (nSPS) is 15.0. The molecule has 1 aromatic heterocycles. The first-order chi connectivity index (χ1) is 14.5. The lowest BCUT2D eigenvalue weighted by Gasteiger charge is -2.25. The number of rotatable bonds is 7. The average Bonchev–Trinajstić information content (AvgIpc) is 3.09. The quantitative estimate of drug-likeness (QED) is 0.529. The van der Waals surface area contributed by atoms with Gasteiger partial charge in [0.25, 0.3) is 0 Å². The fourth-order valence-corrected chi connectivity index (χ4v) is 3.59. The fourth-order valence-electron chi connectivity index (χ4n) is 3.59. The fraction of sp³-hybridized carbons (Fsp3) is 0.571. The molecule has 2 N–H and O–H groups in total. The van der Waals surface area contributed by atoms with Gasteiger partial charge < -0.3 is 29.4 Å². The number of benzene rings is 1. The lowest BCUT2D eigenvalue weighted by atomic mass is 9.96. The summed E-state index contributed by atoms with van der Waals surface area (Å²) in [7, 11) is 6.74. The van der Waals surface area contributed by atoms with Crippen LogP contribution in [-0.4, -0.2) is 48.1 Å². The van der Waals surface area contributed by atoms with Crippen LogP contribution < -0.4 is 24.8 Å². The van der Waals surface area contributed by atoms with Crippen LogP contribution >= 0.6 is 0 Å². The van der Waals surface area contributed by atoms with Crippen molar-refractivity contribution in [1.82, 2.24) is 20.1 Å². The topological polar surface area (TPSA) is 94.8 Å². The Hall–Kier alpha value is -2.97. The van der Waals surface area contributed by atoms with E-state index < -0.39 is 0 Å². The van der Waals surface area contributed by atoms with Crippen LogP contribution in [0.2, 0.25) is 0 Å². The zero-order valence-corrected chi connectivity index (χ0v) is 18.5. The highest BCUT2D eigenvalue weighted by Gasteiger charge is 2.18. The molecule has 1 saturated carbocycles. The van der Waals surface area contributed by atoms with E-state index in [2.05, 4.69) is 20.8 Å². The summed E-state index contributed by atoms with van der Waals surface area (Å²) in [6, 6.07) is 4.13. The van der Waals surface area contributed by atoms with Crippen LogP contribution in [0.3, 0.4) is 0 Å². The number of aryl methyl sites for hydroxylation is 1. The van der Waals surface area contributed by atoms with Crippen LogP contribution in [0.5, 0.6) is 17.2 Å². The molecule has 1 aromatic carbocycles. The molecule has 0 radical (unpaired) electrons. The molecule has 0 spiro atoms. The van der Waals surface area contributed by atoms with Gasteiger partial charge in [0.15, 0.2) is 23.3 Å². The highest BCUT2D eigenvalue weighted by atomic mass is 16.5. The summed E-state index contributed by atoms with van der Waals surface area (Å²) in [5, 5.41) is 15.3. The van der Waals surface area contributed by atoms with E-state index >= 15 is 0 Å². The van der Waals surface area contributed by atoms with Gasteiger partial charge in [-0.05, 0) is 19.8 Å². The lowest BCUT2D eigenvalue weighted by Crippen LogP contribution is -2.40. The molecule has 0 aliphatic heterocycles. The predicted molar refractivity (Wildman–Crippen MR) is 117 cm³/mol. The van der Waals surface area contributed by atoms with E-state index in [-0.39, 0.29) is 0 Å². The number of hydrogen-bond acceptors (Lipinski definition) is 6. The molecule has 0 bridgehead atoms. The Bertz CT molecular complexity index is 849. The van der Waals surface area contributed by atoms with Gasteiger partial charge in [0.1, 0.15) is 12.4 Å². The summed E-state index contributed by atoms with van der Waals surface area (Å²) >= 11 is 0. The molecular weight excluding hydrogens is 384 g/mol. The predicted octanol–water partition coefficient (Wildman–Crippen LogP) is 3.04. The minimum Gasteiger partial charge on any atom is -0.493 e. The zero-order chi connectivity index (χ0) is 21.5. The molecule has 0 atom stereocenters. The third-order valence-corrected chi connectivity index (χ3v) is 5.43. The molecule has 1 aliphatic rings. The summed E-state index contributed by atoms with van der Waals surface area (Å²) in [5.41, 5.74) is 0.792. The molecule has 3 rings (SSSR count). The second kappa shape index (κ2) is 10.2. The summed E-state index contributed by atoms with van der Waals surface area (Å²) in [6.45, 7) is 2.35. The van der Waals surface area contributed by atoms with E-state index in [1.54, 1.807) is 21.3 Å². The Morgan fingerprint density at radius 3 is 2.27 bits per heavy atom. The Balaban J connectivity index is 1.85. The van der Waals surface area contributed by atoms with Gasteiger partial charge in [-0.3, -0.25) is 0 Å². The van der Waals surface area contributed by atoms with Gasteiger partial charge in [0, 0.05) is 30.9 Å². The Labute approximate surface area is 177 Å². The number of anilines is 1. The molecule has 1 heterocycles. The number of guanidine groups is 1. The van der Waals surface area contributed by atoms with Crippen LogP contribution in [0.25, 0.3) is 0 Å². The first-order valence-corrected chi connectivity index (χ1v) is 10.3. The first-order valence-electron chi connectivity index (χ1n) is 10.3. The first kappa shape index (κ1) is 21.7. The maximum Gasteiger partial charge on any atom is 0.203 e. The number of aromatic nitrogens is 3. The number of nitrogens with one attached hydrogen (secondary N) is 2. The maximum absolute atomic E-state index is 5.47. The van der Waals surface area contributed by atoms with Crippen LogP contribution in [0, 0.1) is 6.92 Å². The number of methoxy groups -OCH3 is 3. The van der Waals surface area contributed by atoms with Gasteiger partial charge in [-0.25, -0.2) is 4.99 Å². The van der Waals surface area contributed by atoms with Gasteiger partial charge in [-0.2, -0.15) is 0 Å². The summed E-state index contributed by atoms with van der Waals surface area (Å²) < 4.78 is 18.3. The molecule has 9 heteroatoms. The summed E-state index contributed by atoms with van der Waals surface area (Å²) in [6.07, 6.45) is 6.04. The van der Waals surface area contributed by atoms with Gasteiger partial charge >= 0.3 is 0 Å². The van der Waals surface area contributed by atoms with Crippen molar-refractivity contribution in [3.05, 3.63) is 23.8 Å². The van der Waals surface area contributed by atoms with Crippen molar-refractivity contribution in [3.8, 4) is 17.2 Å². The van der Waals surface area contributed by atoms with Crippen molar-refractivity contribution in [3.63, 3.8) is 0 Å². The highest BCUT2D eigenvalue weighted by Crippen LogP contribution is 2.39. The molecule has 9 nitrogen and oxygen atoms in total. The number of hydrogen-bond donors (Lipinski definition) is 2. The van der Waals surface area contributed by atoms with Gasteiger partial charge in [-0.1, -0.05) is 19.3 Å². The molecule has 1 aliphatic carbocycles. The molecule has 0 unspecified atom stereocenters. The Morgan fingerprint density at radius 2 is 1.73 bits per heavy atom. The van der Waals surface area contributed by atoms with E-state index in [4.69, 9.17) is 19.2 Å². The van der Waals surface area contributed by atoms with E-state index in [0.29, 0.717) is 35.8 Å². The molecular formula is C21H32N6O3. The van der Waals surface area contributed by atoms with Gasteiger partial charge in [-0.15, -0.1) is 10.2 Å².